The fourth-order valence-corrected chi connectivity index (χ4v) is 1.39. The van der Waals surface area contributed by atoms with Crippen molar-refractivity contribution in [2.75, 3.05) is 30.4 Å². The molecule has 0 unspecified atom stereocenters. The van der Waals surface area contributed by atoms with E-state index in [1.807, 2.05) is 6.92 Å². The molecule has 0 saturated carbocycles. The van der Waals surface area contributed by atoms with Crippen molar-refractivity contribution in [3.8, 4) is 0 Å². The fourth-order valence-electron chi connectivity index (χ4n) is 1.39. The zero-order valence-corrected chi connectivity index (χ0v) is 10.6. The van der Waals surface area contributed by atoms with E-state index in [0.717, 1.165) is 6.20 Å². The van der Waals surface area contributed by atoms with E-state index < -0.39 is 11.4 Å². The summed E-state index contributed by atoms with van der Waals surface area (Å²) in [6, 6.07) is 0. The third-order valence-corrected chi connectivity index (χ3v) is 2.74. The molecule has 7 heteroatoms. The molecule has 0 aliphatic carbocycles. The quantitative estimate of drug-likeness (QED) is 0.572. The molecule has 4 N–H and O–H groups in total. The van der Waals surface area contributed by atoms with E-state index in [0.29, 0.717) is 18.9 Å². The first-order valence-electron chi connectivity index (χ1n) is 5.87. The molecular formula is C11H19FN4O2. The van der Waals surface area contributed by atoms with Gasteiger partial charge in [-0.3, -0.25) is 0 Å². The second-order valence-corrected chi connectivity index (χ2v) is 4.00. The maximum absolute atomic E-state index is 13.6. The first-order valence-corrected chi connectivity index (χ1v) is 5.87. The van der Waals surface area contributed by atoms with Gasteiger partial charge in [0, 0.05) is 6.54 Å². The van der Waals surface area contributed by atoms with Crippen LogP contribution >= 0.6 is 0 Å². The van der Waals surface area contributed by atoms with Crippen LogP contribution in [0.25, 0.3) is 0 Å². The summed E-state index contributed by atoms with van der Waals surface area (Å²) in [6.07, 6.45) is 1.47. The van der Waals surface area contributed by atoms with Gasteiger partial charge in [-0.05, 0) is 13.3 Å². The minimum Gasteiger partial charge on any atom is -0.394 e. The zero-order valence-electron chi connectivity index (χ0n) is 10.6. The van der Waals surface area contributed by atoms with Gasteiger partial charge in [0.25, 0.3) is 0 Å². The number of hydrogen-bond donors (Lipinski definition) is 4. The number of nitrogens with zero attached hydrogens (tertiary/aromatic N) is 2. The van der Waals surface area contributed by atoms with E-state index in [1.165, 1.54) is 0 Å². The highest BCUT2D eigenvalue weighted by molar-refractivity contribution is 5.43. The standard InChI is InChI=1S/C11H19FN4O2/c1-3-11(6-17,7-18)16-9-8(12)5-14-10(15-9)13-4-2/h5,17-18H,3-4,6-7H2,1-2H3,(H2,13,14,15,16). The van der Waals surface area contributed by atoms with Gasteiger partial charge >= 0.3 is 0 Å². The molecule has 0 bridgehead atoms. The van der Waals surface area contributed by atoms with Gasteiger partial charge in [-0.15, -0.1) is 0 Å². The minimum absolute atomic E-state index is 0.0362. The molecule has 0 atom stereocenters. The Kier molecular flexibility index (Phi) is 5.24. The topological polar surface area (TPSA) is 90.3 Å². The highest BCUT2D eigenvalue weighted by Crippen LogP contribution is 2.20. The minimum atomic E-state index is -0.987. The van der Waals surface area contributed by atoms with E-state index in [9.17, 15) is 14.6 Å². The lowest BCUT2D eigenvalue weighted by atomic mass is 9.98. The third-order valence-electron chi connectivity index (χ3n) is 2.74. The number of anilines is 2. The van der Waals surface area contributed by atoms with Gasteiger partial charge < -0.3 is 20.8 Å². The van der Waals surface area contributed by atoms with Gasteiger partial charge in [-0.2, -0.15) is 4.98 Å². The summed E-state index contributed by atoms with van der Waals surface area (Å²) in [5.41, 5.74) is -0.987. The normalized spacial score (nSPS) is 11.4. The predicted octanol–water partition coefficient (Wildman–Crippen LogP) is 0.593. The van der Waals surface area contributed by atoms with Gasteiger partial charge in [-0.1, -0.05) is 6.92 Å². The van der Waals surface area contributed by atoms with Gasteiger partial charge in [0.2, 0.25) is 5.95 Å². The molecule has 1 aromatic rings. The van der Waals surface area contributed by atoms with Crippen LogP contribution in [-0.4, -0.2) is 45.5 Å². The maximum atomic E-state index is 13.6. The number of aliphatic hydroxyl groups excluding tert-OH is 2. The smallest absolute Gasteiger partial charge is 0.224 e. The average molecular weight is 258 g/mol. The Morgan fingerprint density at radius 1 is 1.33 bits per heavy atom. The summed E-state index contributed by atoms with van der Waals surface area (Å²) in [6.45, 7) is 3.63. The summed E-state index contributed by atoms with van der Waals surface area (Å²) in [5, 5.41) is 24.2. The second-order valence-electron chi connectivity index (χ2n) is 4.00. The molecule has 18 heavy (non-hydrogen) atoms. The molecule has 0 spiro atoms. The van der Waals surface area contributed by atoms with Crippen LogP contribution in [0, 0.1) is 5.82 Å². The van der Waals surface area contributed by atoms with Crippen LogP contribution in [0.3, 0.4) is 0 Å². The van der Waals surface area contributed by atoms with Gasteiger partial charge in [0.05, 0.1) is 24.9 Å². The molecule has 1 rings (SSSR count). The van der Waals surface area contributed by atoms with Crippen molar-refractivity contribution in [1.29, 1.82) is 0 Å². The molecule has 6 nitrogen and oxygen atoms in total. The molecule has 0 aliphatic rings. The average Bonchev–Trinajstić information content (AvgIpc) is 2.40. The molecule has 0 amide bonds. The van der Waals surface area contributed by atoms with E-state index in [-0.39, 0.29) is 19.0 Å². The SMILES string of the molecule is CCNc1ncc(F)c(NC(CC)(CO)CO)n1. The summed E-state index contributed by atoms with van der Waals surface area (Å²) in [4.78, 5) is 7.73. The molecule has 0 radical (unpaired) electrons. The highest BCUT2D eigenvalue weighted by Gasteiger charge is 2.28. The summed E-state index contributed by atoms with van der Waals surface area (Å²) in [7, 11) is 0. The fraction of sp³-hybridized carbons (Fsp3) is 0.636. The van der Waals surface area contributed by atoms with E-state index in [2.05, 4.69) is 20.6 Å². The van der Waals surface area contributed by atoms with Crippen LogP contribution in [0.5, 0.6) is 0 Å². The van der Waals surface area contributed by atoms with Gasteiger partial charge in [0.1, 0.15) is 0 Å². The van der Waals surface area contributed by atoms with Crippen molar-refractivity contribution in [2.45, 2.75) is 25.8 Å². The molecule has 0 aliphatic heterocycles. The number of rotatable bonds is 7. The van der Waals surface area contributed by atoms with Crippen molar-refractivity contribution in [3.05, 3.63) is 12.0 Å². The van der Waals surface area contributed by atoms with Crippen LogP contribution in [0.1, 0.15) is 20.3 Å². The monoisotopic (exact) mass is 258 g/mol. The van der Waals surface area contributed by atoms with Crippen LogP contribution in [0.4, 0.5) is 16.2 Å². The number of aromatic nitrogens is 2. The number of aliphatic hydroxyl groups is 2. The Labute approximate surface area is 105 Å². The third kappa shape index (κ3) is 3.27. The second kappa shape index (κ2) is 6.46. The summed E-state index contributed by atoms with van der Waals surface area (Å²) in [5.74, 6) is -0.371. The van der Waals surface area contributed by atoms with Crippen molar-refractivity contribution < 1.29 is 14.6 Å². The lowest BCUT2D eigenvalue weighted by molar-refractivity contribution is 0.132. The number of halogens is 1. The highest BCUT2D eigenvalue weighted by atomic mass is 19.1. The lowest BCUT2D eigenvalue weighted by Crippen LogP contribution is -2.45. The van der Waals surface area contributed by atoms with Crippen LogP contribution in [0.2, 0.25) is 0 Å². The van der Waals surface area contributed by atoms with Crippen molar-refractivity contribution in [3.63, 3.8) is 0 Å². The van der Waals surface area contributed by atoms with Crippen molar-refractivity contribution >= 4 is 11.8 Å². The largest absolute Gasteiger partial charge is 0.394 e. The molecular weight excluding hydrogens is 239 g/mol. The Morgan fingerprint density at radius 3 is 2.50 bits per heavy atom. The Hall–Kier alpha value is -1.47. The van der Waals surface area contributed by atoms with Crippen LogP contribution in [0.15, 0.2) is 6.20 Å². The van der Waals surface area contributed by atoms with Crippen molar-refractivity contribution in [1.82, 2.24) is 9.97 Å². The van der Waals surface area contributed by atoms with Crippen molar-refractivity contribution in [2.24, 2.45) is 0 Å². The van der Waals surface area contributed by atoms with E-state index in [4.69, 9.17) is 0 Å². The Bertz CT molecular complexity index is 377. The molecule has 1 aromatic heterocycles. The molecule has 102 valence electrons. The molecule has 1 heterocycles. The first kappa shape index (κ1) is 14.6. The number of nitrogens with one attached hydrogen (secondary N) is 2. The predicted molar refractivity (Wildman–Crippen MR) is 67.0 cm³/mol. The summed E-state index contributed by atoms with van der Waals surface area (Å²) < 4.78 is 13.6. The van der Waals surface area contributed by atoms with E-state index >= 15 is 0 Å². The first-order chi connectivity index (χ1) is 8.60. The number of hydrogen-bond acceptors (Lipinski definition) is 6. The molecule has 0 fully saturated rings. The Morgan fingerprint density at radius 2 is 2.00 bits per heavy atom. The van der Waals surface area contributed by atoms with Gasteiger partial charge in [0.15, 0.2) is 11.6 Å². The molecule has 0 aromatic carbocycles. The molecule has 0 saturated heterocycles. The summed E-state index contributed by atoms with van der Waals surface area (Å²) >= 11 is 0. The Balaban J connectivity index is 2.97. The van der Waals surface area contributed by atoms with Gasteiger partial charge in [-0.25, -0.2) is 9.37 Å². The maximum Gasteiger partial charge on any atom is 0.224 e. The van der Waals surface area contributed by atoms with Crippen LogP contribution < -0.4 is 10.6 Å². The zero-order chi connectivity index (χ0) is 13.6. The van der Waals surface area contributed by atoms with Crippen LogP contribution in [-0.2, 0) is 0 Å². The van der Waals surface area contributed by atoms with E-state index in [1.54, 1.807) is 6.92 Å². The lowest BCUT2D eigenvalue weighted by Gasteiger charge is -2.30.